The first kappa shape index (κ1) is 16.8. The molecule has 0 spiro atoms. The fourth-order valence-corrected chi connectivity index (χ4v) is 1.37. The van der Waals surface area contributed by atoms with E-state index in [0.29, 0.717) is 12.3 Å². The highest BCUT2D eigenvalue weighted by molar-refractivity contribution is 7.85. The number of benzene rings is 1. The Balaban J connectivity index is 2.86. The molecule has 0 radical (unpaired) electrons. The largest absolute Gasteiger partial charge is 0.416 e. The topological polar surface area (TPSA) is 111 Å². The lowest BCUT2D eigenvalue weighted by molar-refractivity contribution is -0.137. The summed E-state index contributed by atoms with van der Waals surface area (Å²) >= 11 is 0. The van der Waals surface area contributed by atoms with E-state index < -0.39 is 33.7 Å². The van der Waals surface area contributed by atoms with E-state index in [1.165, 1.54) is 0 Å². The van der Waals surface area contributed by atoms with Crippen LogP contribution in [0.25, 0.3) is 0 Å². The number of hydrogen-bond acceptors (Lipinski definition) is 5. The summed E-state index contributed by atoms with van der Waals surface area (Å²) in [5.41, 5.74) is 3.80. The molecule has 0 aliphatic carbocycles. The number of hydrogen-bond donors (Lipinski definition) is 2. The summed E-state index contributed by atoms with van der Waals surface area (Å²) in [5.74, 6) is -1.72. The second kappa shape index (κ2) is 5.99. The number of nitrogens with one attached hydrogen (secondary N) is 1. The van der Waals surface area contributed by atoms with E-state index in [1.54, 1.807) is 0 Å². The van der Waals surface area contributed by atoms with Gasteiger partial charge in [-0.2, -0.15) is 21.6 Å². The second-order valence-corrected chi connectivity index (χ2v) is 5.35. The minimum atomic E-state index is -4.60. The summed E-state index contributed by atoms with van der Waals surface area (Å²) < 4.78 is 62.6. The Morgan fingerprint density at radius 2 is 2.00 bits per heavy atom. The molecule has 7 nitrogen and oxygen atoms in total. The SMILES string of the molecule is CS(=O)(=O)ON=C(N)NC(=O)c1cccc(C(F)(F)F)c1. The van der Waals surface area contributed by atoms with Crippen LogP contribution in [-0.4, -0.2) is 26.5 Å². The molecule has 0 saturated heterocycles. The monoisotopic (exact) mass is 325 g/mol. The minimum Gasteiger partial charge on any atom is -0.367 e. The number of rotatable bonds is 3. The average molecular weight is 325 g/mol. The van der Waals surface area contributed by atoms with Crippen molar-refractivity contribution in [1.29, 1.82) is 0 Å². The van der Waals surface area contributed by atoms with Crippen molar-refractivity contribution in [2.45, 2.75) is 6.18 Å². The maximum atomic E-state index is 12.5. The van der Waals surface area contributed by atoms with Crippen molar-refractivity contribution in [3.8, 4) is 0 Å². The average Bonchev–Trinajstić information content (AvgIpc) is 2.34. The molecule has 0 aromatic heterocycles. The molecule has 116 valence electrons. The predicted octanol–water partition coefficient (Wildman–Crippen LogP) is 0.641. The van der Waals surface area contributed by atoms with Crippen molar-refractivity contribution < 1.29 is 30.7 Å². The normalized spacial score (nSPS) is 12.9. The van der Waals surface area contributed by atoms with Gasteiger partial charge >= 0.3 is 16.3 Å². The van der Waals surface area contributed by atoms with Crippen LogP contribution in [0.2, 0.25) is 0 Å². The van der Waals surface area contributed by atoms with Crippen molar-refractivity contribution >= 4 is 22.0 Å². The third kappa shape index (κ3) is 5.69. The quantitative estimate of drug-likeness (QED) is 0.481. The lowest BCUT2D eigenvalue weighted by Crippen LogP contribution is -2.37. The van der Waals surface area contributed by atoms with E-state index >= 15 is 0 Å². The van der Waals surface area contributed by atoms with E-state index in [1.807, 2.05) is 5.32 Å². The lowest BCUT2D eigenvalue weighted by Gasteiger charge is -2.08. The molecular weight excluding hydrogens is 315 g/mol. The molecule has 21 heavy (non-hydrogen) atoms. The molecule has 0 aliphatic heterocycles. The number of halogens is 3. The van der Waals surface area contributed by atoms with E-state index in [0.717, 1.165) is 18.2 Å². The van der Waals surface area contributed by atoms with E-state index in [4.69, 9.17) is 5.73 Å². The van der Waals surface area contributed by atoms with Gasteiger partial charge in [0.05, 0.1) is 11.8 Å². The van der Waals surface area contributed by atoms with Crippen molar-refractivity contribution in [3.05, 3.63) is 35.4 Å². The lowest BCUT2D eigenvalue weighted by atomic mass is 10.1. The van der Waals surface area contributed by atoms with Gasteiger partial charge < -0.3 is 5.73 Å². The van der Waals surface area contributed by atoms with E-state index in [9.17, 15) is 26.4 Å². The van der Waals surface area contributed by atoms with Crippen LogP contribution in [-0.2, 0) is 20.6 Å². The van der Waals surface area contributed by atoms with Gasteiger partial charge in [0.2, 0.25) is 5.96 Å². The molecule has 0 heterocycles. The van der Waals surface area contributed by atoms with Crippen molar-refractivity contribution in [1.82, 2.24) is 5.32 Å². The number of amides is 1. The zero-order valence-corrected chi connectivity index (χ0v) is 11.3. The summed E-state index contributed by atoms with van der Waals surface area (Å²) in [4.78, 5) is 11.6. The molecule has 0 fully saturated rings. The van der Waals surface area contributed by atoms with Gasteiger partial charge in [0.25, 0.3) is 5.91 Å². The van der Waals surface area contributed by atoms with Crippen LogP contribution in [0.4, 0.5) is 13.2 Å². The third-order valence-corrected chi connectivity index (χ3v) is 2.31. The van der Waals surface area contributed by atoms with Gasteiger partial charge in [0.1, 0.15) is 0 Å². The van der Waals surface area contributed by atoms with Crippen LogP contribution >= 0.6 is 0 Å². The highest BCUT2D eigenvalue weighted by atomic mass is 32.2. The first-order valence-electron chi connectivity index (χ1n) is 5.20. The highest BCUT2D eigenvalue weighted by Gasteiger charge is 2.30. The Morgan fingerprint density at radius 1 is 1.38 bits per heavy atom. The number of nitrogens with zero attached hydrogens (tertiary/aromatic N) is 1. The van der Waals surface area contributed by atoms with Gasteiger partial charge in [0.15, 0.2) is 0 Å². The Kier molecular flexibility index (Phi) is 4.78. The highest BCUT2D eigenvalue weighted by Crippen LogP contribution is 2.29. The van der Waals surface area contributed by atoms with Gasteiger partial charge in [-0.25, -0.2) is 0 Å². The first-order chi connectivity index (χ1) is 9.49. The molecule has 0 saturated carbocycles. The van der Waals surface area contributed by atoms with Crippen LogP contribution in [0.15, 0.2) is 29.4 Å². The number of carbonyl (C=O) groups excluding carboxylic acids is 1. The molecule has 0 atom stereocenters. The van der Waals surface area contributed by atoms with Crippen LogP contribution in [0.1, 0.15) is 15.9 Å². The Hall–Kier alpha value is -2.30. The zero-order chi connectivity index (χ0) is 16.3. The summed E-state index contributed by atoms with van der Waals surface area (Å²) in [5, 5.41) is 4.76. The molecule has 1 aromatic rings. The molecule has 11 heteroatoms. The van der Waals surface area contributed by atoms with Gasteiger partial charge in [-0.1, -0.05) is 6.07 Å². The fraction of sp³-hybridized carbons (Fsp3) is 0.200. The van der Waals surface area contributed by atoms with Crippen LogP contribution in [0.3, 0.4) is 0 Å². The van der Waals surface area contributed by atoms with E-state index in [2.05, 4.69) is 9.44 Å². The summed E-state index contributed by atoms with van der Waals surface area (Å²) in [6, 6.07) is 3.56. The predicted molar refractivity (Wildman–Crippen MR) is 66.5 cm³/mol. The zero-order valence-electron chi connectivity index (χ0n) is 10.5. The number of nitrogens with two attached hydrogens (primary N) is 1. The summed E-state index contributed by atoms with van der Waals surface area (Å²) in [6.45, 7) is 0. The van der Waals surface area contributed by atoms with Gasteiger partial charge in [-0.3, -0.25) is 14.4 Å². The van der Waals surface area contributed by atoms with E-state index in [-0.39, 0.29) is 5.56 Å². The van der Waals surface area contributed by atoms with Crippen molar-refractivity contribution in [2.24, 2.45) is 10.9 Å². The maximum absolute atomic E-state index is 12.5. The number of carbonyl (C=O) groups is 1. The molecule has 1 amide bonds. The van der Waals surface area contributed by atoms with Crippen molar-refractivity contribution in [3.63, 3.8) is 0 Å². The van der Waals surface area contributed by atoms with Crippen LogP contribution < -0.4 is 11.1 Å². The fourth-order valence-electron chi connectivity index (χ4n) is 1.16. The van der Waals surface area contributed by atoms with Crippen LogP contribution in [0, 0.1) is 0 Å². The third-order valence-electron chi connectivity index (χ3n) is 1.96. The molecule has 3 N–H and O–H groups in total. The van der Waals surface area contributed by atoms with Crippen molar-refractivity contribution in [2.75, 3.05) is 6.26 Å². The van der Waals surface area contributed by atoms with Gasteiger partial charge in [-0.15, -0.1) is 0 Å². The molecule has 1 aromatic carbocycles. The summed E-state index contributed by atoms with van der Waals surface area (Å²) in [6.07, 6.45) is -3.91. The number of alkyl halides is 3. The Morgan fingerprint density at radius 3 is 2.52 bits per heavy atom. The second-order valence-electron chi connectivity index (χ2n) is 3.79. The van der Waals surface area contributed by atoms with Crippen LogP contribution in [0.5, 0.6) is 0 Å². The smallest absolute Gasteiger partial charge is 0.367 e. The molecule has 0 aliphatic rings. The Bertz CT molecular complexity index is 670. The molecule has 1 rings (SSSR count). The molecular formula is C10H10F3N3O4S. The molecule has 0 unspecified atom stereocenters. The van der Waals surface area contributed by atoms with Gasteiger partial charge in [-0.05, 0) is 23.4 Å². The molecule has 0 bridgehead atoms. The van der Waals surface area contributed by atoms with Gasteiger partial charge in [0, 0.05) is 5.56 Å². The number of guanidine groups is 1. The standard InChI is InChI=1S/C10H10F3N3O4S/c1-21(18,19)20-16-9(14)15-8(17)6-3-2-4-7(5-6)10(11,12)13/h2-5H,1H3,(H3,14,15,16,17). The minimum absolute atomic E-state index is 0.331. The number of oxime groups is 1. The summed E-state index contributed by atoms with van der Waals surface area (Å²) in [7, 11) is -3.91. The first-order valence-corrected chi connectivity index (χ1v) is 7.01. The maximum Gasteiger partial charge on any atom is 0.416 e. The Labute approximate surface area is 117 Å².